The van der Waals surface area contributed by atoms with E-state index in [0.29, 0.717) is 13.1 Å². The minimum Gasteiger partial charge on any atom is -0.342 e. The molecule has 0 N–H and O–H groups in total. The van der Waals surface area contributed by atoms with Gasteiger partial charge in [0.15, 0.2) is 0 Å². The molecule has 1 heterocycles. The van der Waals surface area contributed by atoms with Crippen molar-refractivity contribution in [3.05, 3.63) is 29.8 Å². The van der Waals surface area contributed by atoms with Crippen LogP contribution in [-0.4, -0.2) is 53.3 Å². The van der Waals surface area contributed by atoms with Crippen LogP contribution in [-0.2, 0) is 4.79 Å². The van der Waals surface area contributed by atoms with Gasteiger partial charge in [-0.1, -0.05) is 0 Å². The molecule has 0 spiro atoms. The van der Waals surface area contributed by atoms with Gasteiger partial charge in [0.05, 0.1) is 12.1 Å². The molecule has 0 unspecified atom stereocenters. The zero-order valence-electron chi connectivity index (χ0n) is 11.4. The number of amides is 2. The summed E-state index contributed by atoms with van der Waals surface area (Å²) in [6.45, 7) is 4.82. The SMILES string of the molecule is CCN(CC)C(=O)CN(C)C(=O)c1cccnc1F. The molecule has 1 aromatic heterocycles. The molecule has 5 nitrogen and oxygen atoms in total. The standard InChI is InChI=1S/C13H18FN3O2/c1-4-17(5-2)11(18)9-16(3)13(19)10-7-6-8-15-12(10)14/h6-8H,4-5,9H2,1-3H3. The largest absolute Gasteiger partial charge is 0.342 e. The van der Waals surface area contributed by atoms with Crippen molar-refractivity contribution in [1.82, 2.24) is 14.8 Å². The molecule has 6 heteroatoms. The number of aromatic nitrogens is 1. The topological polar surface area (TPSA) is 53.5 Å². The van der Waals surface area contributed by atoms with Gasteiger partial charge >= 0.3 is 0 Å². The van der Waals surface area contributed by atoms with Crippen molar-refractivity contribution < 1.29 is 14.0 Å². The van der Waals surface area contributed by atoms with E-state index >= 15 is 0 Å². The van der Waals surface area contributed by atoms with Crippen LogP contribution in [0, 0.1) is 5.95 Å². The van der Waals surface area contributed by atoms with Crippen LogP contribution < -0.4 is 0 Å². The molecule has 1 aromatic rings. The van der Waals surface area contributed by atoms with E-state index in [9.17, 15) is 14.0 Å². The first-order chi connectivity index (χ1) is 9.01. The maximum atomic E-state index is 13.4. The Labute approximate surface area is 112 Å². The Bertz CT molecular complexity index is 461. The van der Waals surface area contributed by atoms with Crippen molar-refractivity contribution in [3.63, 3.8) is 0 Å². The molecule has 1 rings (SSSR count). The van der Waals surface area contributed by atoms with Crippen LogP contribution in [0.5, 0.6) is 0 Å². The molecule has 0 atom stereocenters. The van der Waals surface area contributed by atoms with Crippen molar-refractivity contribution in [2.75, 3.05) is 26.7 Å². The number of carbonyl (C=O) groups is 2. The van der Waals surface area contributed by atoms with Crippen molar-refractivity contribution in [3.8, 4) is 0 Å². The van der Waals surface area contributed by atoms with Crippen LogP contribution >= 0.6 is 0 Å². The molecular weight excluding hydrogens is 249 g/mol. The summed E-state index contributed by atoms with van der Waals surface area (Å²) in [5, 5.41) is 0. The average Bonchev–Trinajstić information content (AvgIpc) is 2.39. The van der Waals surface area contributed by atoms with E-state index in [0.717, 1.165) is 0 Å². The lowest BCUT2D eigenvalue weighted by atomic mass is 10.2. The molecule has 0 fully saturated rings. The number of halogens is 1. The highest BCUT2D eigenvalue weighted by Crippen LogP contribution is 2.06. The first-order valence-electron chi connectivity index (χ1n) is 6.15. The van der Waals surface area contributed by atoms with Gasteiger partial charge in [0.1, 0.15) is 0 Å². The first kappa shape index (κ1) is 15.1. The molecule has 104 valence electrons. The molecule has 0 radical (unpaired) electrons. The monoisotopic (exact) mass is 267 g/mol. The number of pyridine rings is 1. The minimum atomic E-state index is -0.824. The Morgan fingerprint density at radius 2 is 1.95 bits per heavy atom. The highest BCUT2D eigenvalue weighted by Gasteiger charge is 2.20. The van der Waals surface area contributed by atoms with Crippen LogP contribution in [0.25, 0.3) is 0 Å². The third-order valence-electron chi connectivity index (χ3n) is 2.82. The fourth-order valence-electron chi connectivity index (χ4n) is 1.70. The second-order valence-corrected chi connectivity index (χ2v) is 4.07. The van der Waals surface area contributed by atoms with Gasteiger partial charge in [-0.15, -0.1) is 0 Å². The fraction of sp³-hybridized carbons (Fsp3) is 0.462. The van der Waals surface area contributed by atoms with Crippen LogP contribution in [0.1, 0.15) is 24.2 Å². The van der Waals surface area contributed by atoms with Crippen LogP contribution in [0.3, 0.4) is 0 Å². The van der Waals surface area contributed by atoms with E-state index in [1.807, 2.05) is 13.8 Å². The molecule has 0 bridgehead atoms. The lowest BCUT2D eigenvalue weighted by Crippen LogP contribution is -2.41. The Morgan fingerprint density at radius 3 is 2.47 bits per heavy atom. The summed E-state index contributed by atoms with van der Waals surface area (Å²) >= 11 is 0. The van der Waals surface area contributed by atoms with Gasteiger partial charge in [0.25, 0.3) is 5.91 Å². The van der Waals surface area contributed by atoms with Gasteiger partial charge in [-0.25, -0.2) is 4.98 Å². The van der Waals surface area contributed by atoms with Crippen molar-refractivity contribution in [2.24, 2.45) is 0 Å². The average molecular weight is 267 g/mol. The smallest absolute Gasteiger partial charge is 0.258 e. The van der Waals surface area contributed by atoms with Gasteiger partial charge < -0.3 is 9.80 Å². The third-order valence-corrected chi connectivity index (χ3v) is 2.82. The summed E-state index contributed by atoms with van der Waals surface area (Å²) < 4.78 is 13.4. The van der Waals surface area contributed by atoms with E-state index in [2.05, 4.69) is 4.98 Å². The fourth-order valence-corrected chi connectivity index (χ4v) is 1.70. The number of rotatable bonds is 5. The summed E-state index contributed by atoms with van der Waals surface area (Å²) in [5.41, 5.74) is -0.127. The van der Waals surface area contributed by atoms with Crippen LogP contribution in [0.2, 0.25) is 0 Å². The summed E-state index contributed by atoms with van der Waals surface area (Å²) in [4.78, 5) is 30.1. The Kier molecular flexibility index (Phi) is 5.41. The predicted octanol–water partition coefficient (Wildman–Crippen LogP) is 1.16. The number of hydrogen-bond acceptors (Lipinski definition) is 3. The summed E-state index contributed by atoms with van der Waals surface area (Å²) in [6.07, 6.45) is 1.27. The lowest BCUT2D eigenvalue weighted by Gasteiger charge is -2.23. The summed E-state index contributed by atoms with van der Waals surface area (Å²) in [5.74, 6) is -1.54. The highest BCUT2D eigenvalue weighted by atomic mass is 19.1. The van der Waals surface area contributed by atoms with Crippen LogP contribution in [0.15, 0.2) is 18.3 Å². The summed E-state index contributed by atoms with van der Waals surface area (Å²) in [7, 11) is 1.47. The quantitative estimate of drug-likeness (QED) is 0.752. The number of hydrogen-bond donors (Lipinski definition) is 0. The maximum absolute atomic E-state index is 13.4. The second-order valence-electron chi connectivity index (χ2n) is 4.07. The number of carbonyl (C=O) groups excluding carboxylic acids is 2. The summed E-state index contributed by atoms with van der Waals surface area (Å²) in [6, 6.07) is 2.83. The zero-order chi connectivity index (χ0) is 14.4. The normalized spacial score (nSPS) is 10.1. The van der Waals surface area contributed by atoms with Crippen molar-refractivity contribution in [2.45, 2.75) is 13.8 Å². The predicted molar refractivity (Wildman–Crippen MR) is 69.1 cm³/mol. The van der Waals surface area contributed by atoms with Gasteiger partial charge in [-0.2, -0.15) is 4.39 Å². The number of nitrogens with zero attached hydrogens (tertiary/aromatic N) is 3. The molecule has 2 amide bonds. The van der Waals surface area contributed by atoms with E-state index in [1.54, 1.807) is 4.90 Å². The molecule has 19 heavy (non-hydrogen) atoms. The second kappa shape index (κ2) is 6.82. The van der Waals surface area contributed by atoms with E-state index in [4.69, 9.17) is 0 Å². The van der Waals surface area contributed by atoms with Crippen LogP contribution in [0.4, 0.5) is 4.39 Å². The van der Waals surface area contributed by atoms with E-state index in [1.165, 1.54) is 30.3 Å². The minimum absolute atomic E-state index is 0.0746. The molecule has 0 saturated carbocycles. The zero-order valence-corrected chi connectivity index (χ0v) is 11.4. The molecule has 0 aliphatic carbocycles. The molecule has 0 aliphatic heterocycles. The Balaban J connectivity index is 2.74. The van der Waals surface area contributed by atoms with Crippen molar-refractivity contribution in [1.29, 1.82) is 0 Å². The van der Waals surface area contributed by atoms with E-state index in [-0.39, 0.29) is 18.0 Å². The number of likely N-dealkylation sites (N-methyl/N-ethyl adjacent to an activating group) is 2. The maximum Gasteiger partial charge on any atom is 0.258 e. The van der Waals surface area contributed by atoms with Gasteiger partial charge in [0, 0.05) is 26.3 Å². The first-order valence-corrected chi connectivity index (χ1v) is 6.15. The molecule has 0 aliphatic rings. The van der Waals surface area contributed by atoms with Gasteiger partial charge in [-0.05, 0) is 26.0 Å². The molecule has 0 aromatic carbocycles. The van der Waals surface area contributed by atoms with Gasteiger partial charge in [0.2, 0.25) is 11.9 Å². The van der Waals surface area contributed by atoms with E-state index < -0.39 is 11.9 Å². The Morgan fingerprint density at radius 1 is 1.32 bits per heavy atom. The Hall–Kier alpha value is -1.98. The lowest BCUT2D eigenvalue weighted by molar-refractivity contribution is -0.131. The molecular formula is C13H18FN3O2. The third kappa shape index (κ3) is 3.74. The van der Waals surface area contributed by atoms with Gasteiger partial charge in [-0.3, -0.25) is 9.59 Å². The van der Waals surface area contributed by atoms with Crippen molar-refractivity contribution >= 4 is 11.8 Å². The highest BCUT2D eigenvalue weighted by molar-refractivity contribution is 5.96. The molecule has 0 saturated heterocycles.